The average molecular weight is 377 g/mol. The molecule has 23 heavy (non-hydrogen) atoms. The Kier molecular flexibility index (Phi) is 4.88. The summed E-state index contributed by atoms with van der Waals surface area (Å²) in [5.74, 6) is -0.0464. The van der Waals surface area contributed by atoms with Crippen LogP contribution in [0.4, 0.5) is 0 Å². The number of nitrogens with one attached hydrogen (secondary N) is 1. The molecule has 126 valence electrons. The normalized spacial score (nSPS) is 20.4. The molecule has 8 heteroatoms. The van der Waals surface area contributed by atoms with Crippen molar-refractivity contribution in [2.75, 3.05) is 13.1 Å². The van der Waals surface area contributed by atoms with Gasteiger partial charge in [-0.1, -0.05) is 23.2 Å². The van der Waals surface area contributed by atoms with Crippen LogP contribution < -0.4 is 5.32 Å². The lowest BCUT2D eigenvalue weighted by atomic mass is 9.97. The molecule has 1 aromatic rings. The van der Waals surface area contributed by atoms with E-state index in [0.29, 0.717) is 37.0 Å². The highest BCUT2D eigenvalue weighted by Crippen LogP contribution is 2.29. The van der Waals surface area contributed by atoms with E-state index in [0.717, 1.165) is 12.8 Å². The van der Waals surface area contributed by atoms with Crippen LogP contribution in [0.25, 0.3) is 0 Å². The van der Waals surface area contributed by atoms with E-state index in [2.05, 4.69) is 5.32 Å². The van der Waals surface area contributed by atoms with E-state index in [1.165, 1.54) is 22.5 Å². The molecule has 1 aromatic carbocycles. The Morgan fingerprint density at radius 2 is 1.74 bits per heavy atom. The topological polar surface area (TPSA) is 66.5 Å². The molecular formula is C15H18Cl2N2O3S. The summed E-state index contributed by atoms with van der Waals surface area (Å²) in [4.78, 5) is 12.2. The molecule has 1 aliphatic heterocycles. The standard InChI is InChI=1S/C15H18Cl2N2O3S/c16-13-4-3-12(9-14(13)17)23(21,22)19-7-5-10(6-8-19)15(20)18-11-1-2-11/h3-4,9-11H,1-2,5-8H2,(H,18,20). The van der Waals surface area contributed by atoms with Crippen LogP contribution in [0.5, 0.6) is 0 Å². The number of piperidine rings is 1. The van der Waals surface area contributed by atoms with Gasteiger partial charge in [0, 0.05) is 25.0 Å². The average Bonchev–Trinajstić information content (AvgIpc) is 3.34. The first kappa shape index (κ1) is 17.0. The van der Waals surface area contributed by atoms with Crippen molar-refractivity contribution in [1.29, 1.82) is 0 Å². The van der Waals surface area contributed by atoms with Crippen molar-refractivity contribution in [2.45, 2.75) is 36.6 Å². The minimum atomic E-state index is -3.60. The third-order valence-corrected chi connectivity index (χ3v) is 6.91. The zero-order valence-electron chi connectivity index (χ0n) is 12.5. The monoisotopic (exact) mass is 376 g/mol. The summed E-state index contributed by atoms with van der Waals surface area (Å²) in [6.07, 6.45) is 3.19. The van der Waals surface area contributed by atoms with Crippen molar-refractivity contribution in [3.8, 4) is 0 Å². The van der Waals surface area contributed by atoms with Crippen LogP contribution in [-0.2, 0) is 14.8 Å². The molecule has 2 aliphatic rings. The summed E-state index contributed by atoms with van der Waals surface area (Å²) in [5.41, 5.74) is 0. The van der Waals surface area contributed by atoms with Crippen LogP contribution in [0.3, 0.4) is 0 Å². The Bertz CT molecular complexity index is 711. The summed E-state index contributed by atoms with van der Waals surface area (Å²) < 4.78 is 26.7. The second-order valence-electron chi connectivity index (χ2n) is 6.04. The Labute approximate surface area is 146 Å². The van der Waals surface area contributed by atoms with Crippen molar-refractivity contribution in [1.82, 2.24) is 9.62 Å². The van der Waals surface area contributed by atoms with Gasteiger partial charge in [0.05, 0.1) is 14.9 Å². The Morgan fingerprint density at radius 3 is 2.30 bits per heavy atom. The van der Waals surface area contributed by atoms with Gasteiger partial charge in [0.25, 0.3) is 0 Å². The number of carbonyl (C=O) groups excluding carboxylic acids is 1. The maximum atomic E-state index is 12.6. The molecule has 0 atom stereocenters. The van der Waals surface area contributed by atoms with Crippen molar-refractivity contribution in [3.63, 3.8) is 0 Å². The zero-order chi connectivity index (χ0) is 16.6. The van der Waals surface area contributed by atoms with E-state index in [-0.39, 0.29) is 21.7 Å². The number of nitrogens with zero attached hydrogens (tertiary/aromatic N) is 1. The number of amides is 1. The molecule has 1 saturated heterocycles. The maximum Gasteiger partial charge on any atom is 0.243 e. The van der Waals surface area contributed by atoms with E-state index in [1.807, 2.05) is 0 Å². The first-order valence-electron chi connectivity index (χ1n) is 7.63. The van der Waals surface area contributed by atoms with Gasteiger partial charge in [0.2, 0.25) is 15.9 Å². The molecule has 0 unspecified atom stereocenters. The highest BCUT2D eigenvalue weighted by Gasteiger charge is 2.34. The Morgan fingerprint density at radius 1 is 1.09 bits per heavy atom. The molecule has 0 aromatic heterocycles. The first-order chi connectivity index (χ1) is 10.9. The van der Waals surface area contributed by atoms with Crippen LogP contribution in [0, 0.1) is 5.92 Å². The Hall–Kier alpha value is -0.820. The molecule has 0 spiro atoms. The van der Waals surface area contributed by atoms with E-state index >= 15 is 0 Å². The van der Waals surface area contributed by atoms with Gasteiger partial charge in [-0.3, -0.25) is 4.79 Å². The second kappa shape index (κ2) is 6.59. The number of rotatable bonds is 4. The van der Waals surface area contributed by atoms with Gasteiger partial charge in [0.15, 0.2) is 0 Å². The number of halogens is 2. The minimum Gasteiger partial charge on any atom is -0.353 e. The summed E-state index contributed by atoms with van der Waals surface area (Å²) in [5, 5.41) is 3.52. The lowest BCUT2D eigenvalue weighted by Gasteiger charge is -2.30. The molecule has 5 nitrogen and oxygen atoms in total. The van der Waals surface area contributed by atoms with Gasteiger partial charge in [-0.15, -0.1) is 0 Å². The fraction of sp³-hybridized carbons (Fsp3) is 0.533. The molecule has 1 aliphatic carbocycles. The van der Waals surface area contributed by atoms with Gasteiger partial charge in [0.1, 0.15) is 0 Å². The number of carbonyl (C=O) groups is 1. The minimum absolute atomic E-state index is 0.0547. The van der Waals surface area contributed by atoms with Gasteiger partial charge >= 0.3 is 0 Å². The number of hydrogen-bond donors (Lipinski definition) is 1. The quantitative estimate of drug-likeness (QED) is 0.878. The summed E-state index contributed by atoms with van der Waals surface area (Å²) in [6, 6.07) is 4.63. The Balaban J connectivity index is 1.65. The third-order valence-electron chi connectivity index (χ3n) is 4.28. The highest BCUT2D eigenvalue weighted by atomic mass is 35.5. The van der Waals surface area contributed by atoms with Crippen molar-refractivity contribution >= 4 is 39.1 Å². The van der Waals surface area contributed by atoms with Gasteiger partial charge in [-0.2, -0.15) is 4.31 Å². The summed E-state index contributed by atoms with van der Waals surface area (Å²) in [7, 11) is -3.60. The number of sulfonamides is 1. The highest BCUT2D eigenvalue weighted by molar-refractivity contribution is 7.89. The first-order valence-corrected chi connectivity index (χ1v) is 9.83. The molecule has 1 saturated carbocycles. The largest absolute Gasteiger partial charge is 0.353 e. The summed E-state index contributed by atoms with van der Waals surface area (Å²) >= 11 is 11.7. The van der Waals surface area contributed by atoms with Crippen LogP contribution in [0.2, 0.25) is 10.0 Å². The molecule has 2 fully saturated rings. The molecule has 1 amide bonds. The maximum absolute atomic E-state index is 12.6. The molecule has 1 N–H and O–H groups in total. The summed E-state index contributed by atoms with van der Waals surface area (Å²) in [6.45, 7) is 0.677. The van der Waals surface area contributed by atoms with E-state index < -0.39 is 10.0 Å². The SMILES string of the molecule is O=C(NC1CC1)C1CCN(S(=O)(=O)c2ccc(Cl)c(Cl)c2)CC1. The third kappa shape index (κ3) is 3.82. The number of hydrogen-bond acceptors (Lipinski definition) is 3. The molecule has 1 heterocycles. The lowest BCUT2D eigenvalue weighted by molar-refractivity contribution is -0.126. The number of benzene rings is 1. The predicted molar refractivity (Wildman–Crippen MR) is 89.1 cm³/mol. The fourth-order valence-corrected chi connectivity index (χ4v) is 4.55. The van der Waals surface area contributed by atoms with E-state index in [1.54, 1.807) is 0 Å². The molecule has 0 bridgehead atoms. The van der Waals surface area contributed by atoms with E-state index in [4.69, 9.17) is 23.2 Å². The van der Waals surface area contributed by atoms with Crippen LogP contribution >= 0.6 is 23.2 Å². The van der Waals surface area contributed by atoms with E-state index in [9.17, 15) is 13.2 Å². The van der Waals surface area contributed by atoms with Crippen molar-refractivity contribution in [3.05, 3.63) is 28.2 Å². The second-order valence-corrected chi connectivity index (χ2v) is 8.79. The van der Waals surface area contributed by atoms with Crippen LogP contribution in [0.15, 0.2) is 23.1 Å². The van der Waals surface area contributed by atoms with Crippen LogP contribution in [0.1, 0.15) is 25.7 Å². The van der Waals surface area contributed by atoms with Crippen LogP contribution in [-0.4, -0.2) is 37.8 Å². The van der Waals surface area contributed by atoms with Crippen molar-refractivity contribution in [2.24, 2.45) is 5.92 Å². The van der Waals surface area contributed by atoms with Gasteiger partial charge < -0.3 is 5.32 Å². The predicted octanol–water partition coefficient (Wildman–Crippen LogP) is 2.67. The van der Waals surface area contributed by atoms with Gasteiger partial charge in [-0.05, 0) is 43.9 Å². The van der Waals surface area contributed by atoms with Gasteiger partial charge in [-0.25, -0.2) is 8.42 Å². The zero-order valence-corrected chi connectivity index (χ0v) is 14.8. The molecule has 0 radical (unpaired) electrons. The molecule has 3 rings (SSSR count). The molecular weight excluding hydrogens is 359 g/mol. The smallest absolute Gasteiger partial charge is 0.243 e. The van der Waals surface area contributed by atoms with Crippen molar-refractivity contribution < 1.29 is 13.2 Å². The lowest BCUT2D eigenvalue weighted by Crippen LogP contribution is -2.43. The fourth-order valence-electron chi connectivity index (χ4n) is 2.69.